The van der Waals surface area contributed by atoms with Gasteiger partial charge in [0.1, 0.15) is 17.8 Å². The topological polar surface area (TPSA) is 57.0 Å². The minimum atomic E-state index is -1.28. The Balaban J connectivity index is 2.10. The summed E-state index contributed by atoms with van der Waals surface area (Å²) in [5.74, 6) is -1.09. The third-order valence-corrected chi connectivity index (χ3v) is 4.23. The lowest BCUT2D eigenvalue weighted by molar-refractivity contribution is 0.273. The molecule has 142 valence electrons. The van der Waals surface area contributed by atoms with Gasteiger partial charge in [-0.3, -0.25) is 4.79 Å². The maximum atomic E-state index is 14.6. The van der Waals surface area contributed by atoms with Gasteiger partial charge in [0.25, 0.3) is 5.56 Å². The molecule has 0 fully saturated rings. The monoisotopic (exact) mass is 377 g/mol. The fraction of sp³-hybridized carbons (Fsp3) is 0.316. The third-order valence-electron chi connectivity index (χ3n) is 4.23. The van der Waals surface area contributed by atoms with Gasteiger partial charge < -0.3 is 9.30 Å². The van der Waals surface area contributed by atoms with E-state index in [0.717, 1.165) is 16.8 Å². The van der Waals surface area contributed by atoms with Gasteiger partial charge in [0.05, 0.1) is 37.0 Å². The molecule has 3 rings (SSSR count). The molecule has 3 aromatic rings. The zero-order valence-electron chi connectivity index (χ0n) is 14.9. The lowest BCUT2D eigenvalue weighted by Gasteiger charge is -2.12. The van der Waals surface area contributed by atoms with E-state index in [-0.39, 0.29) is 35.1 Å². The molecule has 2 heterocycles. The SMILES string of the molecule is CCCC(F)Cn1cc(F)c2cc(-c3ncc(OC)cn3)c(F)cc2c1=O. The van der Waals surface area contributed by atoms with Gasteiger partial charge in [-0.2, -0.15) is 0 Å². The molecular weight excluding hydrogens is 359 g/mol. The lowest BCUT2D eigenvalue weighted by Crippen LogP contribution is -2.25. The Kier molecular flexibility index (Phi) is 5.43. The largest absolute Gasteiger partial charge is 0.494 e. The summed E-state index contributed by atoms with van der Waals surface area (Å²) in [7, 11) is 1.44. The van der Waals surface area contributed by atoms with E-state index in [9.17, 15) is 18.0 Å². The second-order valence-corrected chi connectivity index (χ2v) is 6.14. The molecule has 0 bridgehead atoms. The first-order valence-corrected chi connectivity index (χ1v) is 8.47. The van der Waals surface area contributed by atoms with E-state index in [1.807, 2.05) is 6.92 Å². The van der Waals surface area contributed by atoms with Crippen molar-refractivity contribution in [2.24, 2.45) is 0 Å². The van der Waals surface area contributed by atoms with Crippen molar-refractivity contribution in [1.82, 2.24) is 14.5 Å². The van der Waals surface area contributed by atoms with Gasteiger partial charge in [0.15, 0.2) is 11.6 Å². The van der Waals surface area contributed by atoms with Crippen LogP contribution in [0.1, 0.15) is 19.8 Å². The number of aromatic nitrogens is 3. The van der Waals surface area contributed by atoms with Crippen LogP contribution < -0.4 is 10.3 Å². The highest BCUT2D eigenvalue weighted by molar-refractivity contribution is 5.86. The normalized spacial score (nSPS) is 12.3. The van der Waals surface area contributed by atoms with Crippen LogP contribution in [0.25, 0.3) is 22.2 Å². The van der Waals surface area contributed by atoms with Crippen LogP contribution in [0.2, 0.25) is 0 Å². The summed E-state index contributed by atoms with van der Waals surface area (Å²) < 4.78 is 48.8. The Morgan fingerprint density at radius 3 is 2.48 bits per heavy atom. The quantitative estimate of drug-likeness (QED) is 0.654. The summed E-state index contributed by atoms with van der Waals surface area (Å²) >= 11 is 0. The Morgan fingerprint density at radius 1 is 1.15 bits per heavy atom. The first-order chi connectivity index (χ1) is 12.9. The summed E-state index contributed by atoms with van der Waals surface area (Å²) in [5, 5.41) is -0.230. The molecule has 27 heavy (non-hydrogen) atoms. The van der Waals surface area contributed by atoms with Crippen molar-refractivity contribution in [3.63, 3.8) is 0 Å². The molecule has 0 N–H and O–H groups in total. The van der Waals surface area contributed by atoms with Crippen LogP contribution in [-0.2, 0) is 6.54 Å². The summed E-state index contributed by atoms with van der Waals surface area (Å²) in [4.78, 5) is 20.5. The van der Waals surface area contributed by atoms with Gasteiger partial charge in [-0.05, 0) is 18.6 Å². The van der Waals surface area contributed by atoms with Crippen LogP contribution in [-0.4, -0.2) is 27.8 Å². The third kappa shape index (κ3) is 3.79. The van der Waals surface area contributed by atoms with Gasteiger partial charge in [0.2, 0.25) is 0 Å². The fourth-order valence-electron chi connectivity index (χ4n) is 2.85. The van der Waals surface area contributed by atoms with Crippen LogP contribution in [0, 0.1) is 11.6 Å². The summed E-state index contributed by atoms with van der Waals surface area (Å²) in [6, 6.07) is 2.12. The van der Waals surface area contributed by atoms with E-state index >= 15 is 0 Å². The molecule has 8 heteroatoms. The zero-order chi connectivity index (χ0) is 19.6. The number of halogens is 3. The molecule has 0 aliphatic rings. The van der Waals surface area contributed by atoms with Gasteiger partial charge in [-0.1, -0.05) is 13.3 Å². The van der Waals surface area contributed by atoms with Gasteiger partial charge >= 0.3 is 0 Å². The van der Waals surface area contributed by atoms with Crippen molar-refractivity contribution in [3.8, 4) is 17.1 Å². The molecule has 2 aromatic heterocycles. The summed E-state index contributed by atoms with van der Waals surface area (Å²) in [5.41, 5.74) is -0.693. The van der Waals surface area contributed by atoms with E-state index in [4.69, 9.17) is 4.74 Å². The van der Waals surface area contributed by atoms with Crippen LogP contribution in [0.4, 0.5) is 13.2 Å². The number of hydrogen-bond donors (Lipinski definition) is 0. The number of rotatable bonds is 6. The summed E-state index contributed by atoms with van der Waals surface area (Å²) in [6.07, 6.45) is 3.25. The van der Waals surface area contributed by atoms with E-state index in [1.54, 1.807) is 0 Å². The standard InChI is InChI=1S/C19H18F3N3O2/c1-3-4-11(20)9-25-10-17(22)13-5-15(16(21)6-14(13)19(25)26)18-23-7-12(27-2)8-24-18/h5-8,10-11H,3-4,9H2,1-2H3. The Hall–Kier alpha value is -2.90. The molecule has 1 aromatic carbocycles. The number of benzene rings is 1. The van der Waals surface area contributed by atoms with Crippen LogP contribution in [0.5, 0.6) is 5.75 Å². The van der Waals surface area contributed by atoms with Crippen molar-refractivity contribution in [1.29, 1.82) is 0 Å². The van der Waals surface area contributed by atoms with Crippen LogP contribution >= 0.6 is 0 Å². The van der Waals surface area contributed by atoms with Crippen molar-refractivity contribution in [2.45, 2.75) is 32.5 Å². The first-order valence-electron chi connectivity index (χ1n) is 8.47. The van der Waals surface area contributed by atoms with E-state index in [2.05, 4.69) is 9.97 Å². The number of ether oxygens (including phenoxy) is 1. The van der Waals surface area contributed by atoms with Crippen molar-refractivity contribution in [3.05, 3.63) is 52.7 Å². The van der Waals surface area contributed by atoms with E-state index < -0.39 is 23.4 Å². The number of fused-ring (bicyclic) bond motifs is 1. The molecule has 0 saturated carbocycles. The molecule has 0 radical (unpaired) electrons. The molecule has 0 amide bonds. The molecule has 0 spiro atoms. The molecule has 0 aliphatic carbocycles. The van der Waals surface area contributed by atoms with Crippen molar-refractivity contribution >= 4 is 10.8 Å². The first kappa shape index (κ1) is 18.9. The van der Waals surface area contributed by atoms with E-state index in [1.165, 1.54) is 25.6 Å². The average molecular weight is 377 g/mol. The summed E-state index contributed by atoms with van der Waals surface area (Å²) in [6.45, 7) is 1.54. The van der Waals surface area contributed by atoms with Crippen molar-refractivity contribution in [2.75, 3.05) is 7.11 Å². The minimum absolute atomic E-state index is 0.0329. The van der Waals surface area contributed by atoms with E-state index in [0.29, 0.717) is 12.2 Å². The Morgan fingerprint density at radius 2 is 1.85 bits per heavy atom. The average Bonchev–Trinajstić information content (AvgIpc) is 2.66. The molecule has 1 atom stereocenters. The highest BCUT2D eigenvalue weighted by Crippen LogP contribution is 2.26. The molecule has 0 saturated heterocycles. The maximum absolute atomic E-state index is 14.6. The Bertz CT molecular complexity index is 1020. The predicted octanol–water partition coefficient (Wildman–Crippen LogP) is 3.88. The number of nitrogens with zero attached hydrogens (tertiary/aromatic N) is 3. The number of pyridine rings is 1. The van der Waals surface area contributed by atoms with Gasteiger partial charge in [-0.15, -0.1) is 0 Å². The molecule has 0 aliphatic heterocycles. The highest BCUT2D eigenvalue weighted by atomic mass is 19.1. The maximum Gasteiger partial charge on any atom is 0.258 e. The predicted molar refractivity (Wildman–Crippen MR) is 95.5 cm³/mol. The molecule has 5 nitrogen and oxygen atoms in total. The highest BCUT2D eigenvalue weighted by Gasteiger charge is 2.17. The minimum Gasteiger partial charge on any atom is -0.494 e. The zero-order valence-corrected chi connectivity index (χ0v) is 14.9. The van der Waals surface area contributed by atoms with Crippen LogP contribution in [0.15, 0.2) is 35.5 Å². The second kappa shape index (κ2) is 7.77. The molecular formula is C19H18F3N3O2. The number of alkyl halides is 1. The van der Waals surface area contributed by atoms with Gasteiger partial charge in [-0.25, -0.2) is 23.1 Å². The molecule has 1 unspecified atom stereocenters. The Labute approximate surface area is 153 Å². The van der Waals surface area contributed by atoms with Crippen molar-refractivity contribution < 1.29 is 17.9 Å². The second-order valence-electron chi connectivity index (χ2n) is 6.14. The number of methoxy groups -OCH3 is 1. The van der Waals surface area contributed by atoms with Gasteiger partial charge in [0, 0.05) is 11.6 Å². The smallest absolute Gasteiger partial charge is 0.258 e. The fourth-order valence-corrected chi connectivity index (χ4v) is 2.85. The lowest BCUT2D eigenvalue weighted by atomic mass is 10.1. The van der Waals surface area contributed by atoms with Crippen LogP contribution in [0.3, 0.4) is 0 Å². The number of hydrogen-bond acceptors (Lipinski definition) is 4.